The van der Waals surface area contributed by atoms with E-state index in [1.54, 1.807) is 6.07 Å². The SMILES string of the molecule is Cc1ccc(-n2c(SCC(=O)Nc3ccc(Cl)cc3F)nc3ccsc3c2=O)c(C)c1. The van der Waals surface area contributed by atoms with Gasteiger partial charge in [-0.25, -0.2) is 9.37 Å². The molecule has 0 saturated heterocycles. The Kier molecular flexibility index (Phi) is 6.13. The predicted molar refractivity (Wildman–Crippen MR) is 125 cm³/mol. The number of benzene rings is 2. The van der Waals surface area contributed by atoms with Gasteiger partial charge in [-0.05, 0) is 55.1 Å². The summed E-state index contributed by atoms with van der Waals surface area (Å²) in [5.74, 6) is -1.08. The molecule has 1 amide bonds. The van der Waals surface area contributed by atoms with Gasteiger partial charge in [0.25, 0.3) is 5.56 Å². The maximum absolute atomic E-state index is 14.0. The molecule has 5 nitrogen and oxygen atoms in total. The summed E-state index contributed by atoms with van der Waals surface area (Å²) in [6, 6.07) is 11.6. The highest BCUT2D eigenvalue weighted by molar-refractivity contribution is 7.99. The topological polar surface area (TPSA) is 64.0 Å². The molecule has 2 aromatic heterocycles. The highest BCUT2D eigenvalue weighted by atomic mass is 35.5. The summed E-state index contributed by atoms with van der Waals surface area (Å²) in [7, 11) is 0. The molecule has 31 heavy (non-hydrogen) atoms. The van der Waals surface area contributed by atoms with Crippen LogP contribution in [0.15, 0.2) is 57.8 Å². The van der Waals surface area contributed by atoms with Gasteiger partial charge in [0.1, 0.15) is 10.5 Å². The smallest absolute Gasteiger partial charge is 0.276 e. The van der Waals surface area contributed by atoms with E-state index in [-0.39, 0.29) is 22.0 Å². The number of halogens is 2. The third-order valence-electron chi connectivity index (χ3n) is 4.58. The lowest BCUT2D eigenvalue weighted by Gasteiger charge is -2.14. The van der Waals surface area contributed by atoms with Crippen LogP contribution in [0.25, 0.3) is 15.9 Å². The van der Waals surface area contributed by atoms with Crippen LogP contribution in [0.2, 0.25) is 5.02 Å². The van der Waals surface area contributed by atoms with Crippen LogP contribution in [0.1, 0.15) is 11.1 Å². The third-order valence-corrected chi connectivity index (χ3v) is 6.65. The summed E-state index contributed by atoms with van der Waals surface area (Å²) in [4.78, 5) is 30.3. The first kappa shape index (κ1) is 21.5. The van der Waals surface area contributed by atoms with E-state index in [1.165, 1.54) is 28.0 Å². The van der Waals surface area contributed by atoms with Gasteiger partial charge < -0.3 is 5.32 Å². The Morgan fingerprint density at radius 2 is 2.03 bits per heavy atom. The van der Waals surface area contributed by atoms with E-state index in [0.717, 1.165) is 29.0 Å². The zero-order chi connectivity index (χ0) is 22.1. The number of nitrogens with one attached hydrogen (secondary N) is 1. The number of thioether (sulfide) groups is 1. The van der Waals surface area contributed by atoms with Crippen LogP contribution in [0.4, 0.5) is 10.1 Å². The van der Waals surface area contributed by atoms with E-state index in [9.17, 15) is 14.0 Å². The van der Waals surface area contributed by atoms with Gasteiger partial charge in [-0.1, -0.05) is 41.1 Å². The van der Waals surface area contributed by atoms with Gasteiger partial charge in [0.2, 0.25) is 5.91 Å². The van der Waals surface area contributed by atoms with Crippen molar-refractivity contribution in [3.05, 3.63) is 80.2 Å². The van der Waals surface area contributed by atoms with E-state index >= 15 is 0 Å². The summed E-state index contributed by atoms with van der Waals surface area (Å²) >= 11 is 8.20. The number of aromatic nitrogens is 2. The molecule has 0 radical (unpaired) electrons. The summed E-state index contributed by atoms with van der Waals surface area (Å²) < 4.78 is 16.1. The minimum atomic E-state index is -0.615. The second-order valence-corrected chi connectivity index (χ2v) is 9.22. The third kappa shape index (κ3) is 4.51. The lowest BCUT2D eigenvalue weighted by Crippen LogP contribution is -2.23. The second-order valence-electron chi connectivity index (χ2n) is 6.92. The van der Waals surface area contributed by atoms with Gasteiger partial charge in [0, 0.05) is 5.02 Å². The molecule has 4 aromatic rings. The van der Waals surface area contributed by atoms with Crippen molar-refractivity contribution in [1.82, 2.24) is 9.55 Å². The maximum atomic E-state index is 14.0. The largest absolute Gasteiger partial charge is 0.323 e. The molecular formula is C22H17ClFN3O2S2. The van der Waals surface area contributed by atoms with Crippen molar-refractivity contribution < 1.29 is 9.18 Å². The highest BCUT2D eigenvalue weighted by Gasteiger charge is 2.17. The summed E-state index contributed by atoms with van der Waals surface area (Å²) in [6.07, 6.45) is 0. The van der Waals surface area contributed by atoms with Crippen LogP contribution in [0.3, 0.4) is 0 Å². The number of hydrogen-bond acceptors (Lipinski definition) is 5. The molecule has 0 saturated carbocycles. The van der Waals surface area contributed by atoms with E-state index in [2.05, 4.69) is 10.3 Å². The zero-order valence-corrected chi connectivity index (χ0v) is 19.0. The van der Waals surface area contributed by atoms with Crippen molar-refractivity contribution in [2.24, 2.45) is 0 Å². The lowest BCUT2D eigenvalue weighted by atomic mass is 10.1. The minimum absolute atomic E-state index is 0.0445. The molecule has 0 bridgehead atoms. The van der Waals surface area contributed by atoms with Crippen molar-refractivity contribution >= 4 is 56.5 Å². The number of rotatable bonds is 5. The average molecular weight is 474 g/mol. The zero-order valence-electron chi connectivity index (χ0n) is 16.6. The quantitative estimate of drug-likeness (QED) is 0.303. The van der Waals surface area contributed by atoms with Crippen LogP contribution >= 0.6 is 34.7 Å². The first-order chi connectivity index (χ1) is 14.8. The van der Waals surface area contributed by atoms with E-state index in [4.69, 9.17) is 11.6 Å². The number of thiophene rings is 1. The van der Waals surface area contributed by atoms with Crippen molar-refractivity contribution in [3.63, 3.8) is 0 Å². The normalized spacial score (nSPS) is 11.1. The molecule has 0 fully saturated rings. The Balaban J connectivity index is 1.66. The van der Waals surface area contributed by atoms with Gasteiger partial charge in [-0.2, -0.15) is 0 Å². The fourth-order valence-electron chi connectivity index (χ4n) is 3.16. The summed E-state index contributed by atoms with van der Waals surface area (Å²) in [5.41, 5.74) is 3.17. The second kappa shape index (κ2) is 8.82. The molecule has 0 aliphatic heterocycles. The van der Waals surface area contributed by atoms with Crippen LogP contribution in [-0.2, 0) is 4.79 Å². The Morgan fingerprint density at radius 1 is 1.23 bits per heavy atom. The molecule has 1 N–H and O–H groups in total. The number of hydrogen-bond donors (Lipinski definition) is 1. The van der Waals surface area contributed by atoms with Gasteiger partial charge >= 0.3 is 0 Å². The number of nitrogens with zero attached hydrogens (tertiary/aromatic N) is 2. The summed E-state index contributed by atoms with van der Waals surface area (Å²) in [5, 5.41) is 4.99. The first-order valence-corrected chi connectivity index (χ1v) is 11.5. The van der Waals surface area contributed by atoms with Gasteiger partial charge in [-0.3, -0.25) is 14.2 Å². The Morgan fingerprint density at radius 3 is 2.77 bits per heavy atom. The number of amides is 1. The molecule has 2 aromatic carbocycles. The van der Waals surface area contributed by atoms with Crippen molar-refractivity contribution in [2.45, 2.75) is 19.0 Å². The minimum Gasteiger partial charge on any atom is -0.323 e. The van der Waals surface area contributed by atoms with Crippen LogP contribution in [0.5, 0.6) is 0 Å². The van der Waals surface area contributed by atoms with Crippen molar-refractivity contribution in [2.75, 3.05) is 11.1 Å². The summed E-state index contributed by atoms with van der Waals surface area (Å²) in [6.45, 7) is 3.91. The molecule has 9 heteroatoms. The lowest BCUT2D eigenvalue weighted by molar-refractivity contribution is -0.113. The van der Waals surface area contributed by atoms with Crippen LogP contribution in [0, 0.1) is 19.7 Å². The molecule has 0 aliphatic carbocycles. The predicted octanol–water partition coefficient (Wildman–Crippen LogP) is 5.59. The van der Waals surface area contributed by atoms with Crippen LogP contribution in [-0.4, -0.2) is 21.2 Å². The van der Waals surface area contributed by atoms with Crippen LogP contribution < -0.4 is 10.9 Å². The fourth-order valence-corrected chi connectivity index (χ4v) is 4.89. The number of carbonyl (C=O) groups is 1. The molecule has 2 heterocycles. The Bertz CT molecular complexity index is 1370. The van der Waals surface area contributed by atoms with Crippen molar-refractivity contribution in [3.8, 4) is 5.69 Å². The number of anilines is 1. The Hall–Kier alpha value is -2.68. The molecule has 0 atom stereocenters. The highest BCUT2D eigenvalue weighted by Crippen LogP contribution is 2.26. The maximum Gasteiger partial charge on any atom is 0.276 e. The number of aryl methyl sites for hydroxylation is 2. The van der Waals surface area contributed by atoms with E-state index < -0.39 is 11.7 Å². The molecule has 0 spiro atoms. The monoisotopic (exact) mass is 473 g/mol. The van der Waals surface area contributed by atoms with E-state index in [1.807, 2.05) is 37.4 Å². The molecule has 4 rings (SSSR count). The average Bonchev–Trinajstić information content (AvgIpc) is 3.18. The standard InChI is InChI=1S/C22H17ClFN3O2S2/c1-12-3-6-18(13(2)9-12)27-21(29)20-17(7-8-30-20)26-22(27)31-11-19(28)25-16-5-4-14(23)10-15(16)24/h3-10H,11H2,1-2H3,(H,25,28). The van der Waals surface area contributed by atoms with Gasteiger partial charge in [0.05, 0.1) is 22.6 Å². The molecule has 158 valence electrons. The van der Waals surface area contributed by atoms with Gasteiger partial charge in [0.15, 0.2) is 5.16 Å². The first-order valence-electron chi connectivity index (χ1n) is 9.29. The molecular weight excluding hydrogens is 457 g/mol. The van der Waals surface area contributed by atoms with Gasteiger partial charge in [-0.15, -0.1) is 11.3 Å². The molecule has 0 aliphatic rings. The number of carbonyl (C=O) groups excluding carboxylic acids is 1. The van der Waals surface area contributed by atoms with E-state index in [0.29, 0.717) is 21.1 Å². The Labute approximate surface area is 190 Å². The fraction of sp³-hybridized carbons (Fsp3) is 0.136. The molecule has 0 unspecified atom stereocenters. The van der Waals surface area contributed by atoms with Crippen molar-refractivity contribution in [1.29, 1.82) is 0 Å². The number of fused-ring (bicyclic) bond motifs is 1.